The van der Waals surface area contributed by atoms with Gasteiger partial charge in [-0.15, -0.1) is 17.9 Å². The van der Waals surface area contributed by atoms with E-state index < -0.39 is 0 Å². The first-order valence-electron chi connectivity index (χ1n) is 8.61. The molecule has 4 nitrogen and oxygen atoms in total. The number of rotatable bonds is 3. The van der Waals surface area contributed by atoms with E-state index in [4.69, 9.17) is 0 Å². The highest BCUT2D eigenvalue weighted by atomic mass is 32.2. The number of hydrogen-bond acceptors (Lipinski definition) is 4. The number of allylic oxidation sites excluding steroid dienone is 1. The maximum Gasteiger partial charge on any atom is 0.272 e. The molecule has 0 unspecified atom stereocenters. The highest BCUT2D eigenvalue weighted by Crippen LogP contribution is 2.44. The van der Waals surface area contributed by atoms with Gasteiger partial charge in [0.2, 0.25) is 0 Å². The molecular weight excluding hydrogens is 374 g/mol. The lowest BCUT2D eigenvalue weighted by atomic mass is 10.3. The largest absolute Gasteiger partial charge is 0.337 e. The van der Waals surface area contributed by atoms with Crippen LogP contribution in [0.2, 0.25) is 0 Å². The van der Waals surface area contributed by atoms with Gasteiger partial charge in [0.25, 0.3) is 5.56 Å². The summed E-state index contributed by atoms with van der Waals surface area (Å²) in [6, 6.07) is 12.3. The molecule has 0 saturated heterocycles. The number of benzene rings is 1. The molecule has 1 aliphatic rings. The normalized spacial score (nSPS) is 15.9. The molecule has 0 N–H and O–H groups in total. The zero-order valence-corrected chi connectivity index (χ0v) is 16.9. The van der Waals surface area contributed by atoms with Crippen molar-refractivity contribution in [2.75, 3.05) is 11.9 Å². The number of pyridine rings is 1. The number of nitrogens with zero attached hydrogens (tertiary/aromatic N) is 3. The van der Waals surface area contributed by atoms with Gasteiger partial charge in [-0.2, -0.15) is 0 Å². The van der Waals surface area contributed by atoms with E-state index in [1.165, 1.54) is 16.2 Å². The second-order valence-corrected chi connectivity index (χ2v) is 8.41. The zero-order valence-electron chi connectivity index (χ0n) is 15.3. The first-order chi connectivity index (χ1) is 13.1. The molecule has 2 aromatic heterocycles. The Morgan fingerprint density at radius 2 is 1.93 bits per heavy atom. The molecule has 0 fully saturated rings. The Morgan fingerprint density at radius 1 is 1.19 bits per heavy atom. The van der Waals surface area contributed by atoms with Gasteiger partial charge in [0.05, 0.1) is 10.4 Å². The zero-order chi connectivity index (χ0) is 19.0. The molecule has 1 aromatic carbocycles. The highest BCUT2D eigenvalue weighted by Gasteiger charge is 2.24. The predicted molar refractivity (Wildman–Crippen MR) is 113 cm³/mol. The van der Waals surface area contributed by atoms with Crippen LogP contribution in [0, 0.1) is 0 Å². The lowest BCUT2D eigenvalue weighted by molar-refractivity contribution is -0.671. The van der Waals surface area contributed by atoms with E-state index in [2.05, 4.69) is 29.7 Å². The Morgan fingerprint density at radius 3 is 2.63 bits per heavy atom. The van der Waals surface area contributed by atoms with E-state index in [0.29, 0.717) is 6.54 Å². The second-order valence-electron chi connectivity index (χ2n) is 6.35. The summed E-state index contributed by atoms with van der Waals surface area (Å²) in [5, 5.41) is 0.989. The van der Waals surface area contributed by atoms with Crippen molar-refractivity contribution < 1.29 is 4.57 Å². The SMILES string of the molecule is C=CCn1c(=O)/c(=C2\Sc3ccccc3N2C)s/c1=C\c1cc[n+](C)cc1. The quantitative estimate of drug-likeness (QED) is 0.503. The molecule has 0 radical (unpaired) electrons. The van der Waals surface area contributed by atoms with Gasteiger partial charge in [0, 0.05) is 30.6 Å². The highest BCUT2D eigenvalue weighted by molar-refractivity contribution is 8.08. The van der Waals surface area contributed by atoms with Gasteiger partial charge in [-0.1, -0.05) is 30.0 Å². The molecule has 3 aromatic rings. The summed E-state index contributed by atoms with van der Waals surface area (Å²) in [6.45, 7) is 4.31. The van der Waals surface area contributed by atoms with Crippen LogP contribution in [0.3, 0.4) is 0 Å². The molecule has 0 bridgehead atoms. The van der Waals surface area contributed by atoms with Crippen LogP contribution in [0.1, 0.15) is 5.56 Å². The fourth-order valence-corrected chi connectivity index (χ4v) is 5.45. The van der Waals surface area contributed by atoms with E-state index in [1.54, 1.807) is 22.4 Å². The van der Waals surface area contributed by atoms with Crippen molar-refractivity contribution in [2.24, 2.45) is 7.05 Å². The standard InChI is InChI=1S/C21H20N3OS2/c1-4-11-24-18(14-15-9-12-22(2)13-10-15)27-19(20(24)25)21-23(3)16-7-5-6-8-17(16)26-21/h4-10,12-14H,1,11H2,2-3H3/q+1/b21-19+. The summed E-state index contributed by atoms with van der Waals surface area (Å²) in [5.41, 5.74) is 2.25. The number of hydrogen-bond donors (Lipinski definition) is 0. The molecule has 136 valence electrons. The number of para-hydroxylation sites is 1. The van der Waals surface area contributed by atoms with Gasteiger partial charge in [-0.3, -0.25) is 9.36 Å². The number of fused-ring (bicyclic) bond motifs is 1. The molecule has 0 saturated carbocycles. The van der Waals surface area contributed by atoms with Crippen molar-refractivity contribution in [2.45, 2.75) is 11.4 Å². The fraction of sp³-hybridized carbons (Fsp3) is 0.143. The number of aryl methyl sites for hydroxylation is 1. The fourth-order valence-electron chi connectivity index (χ4n) is 3.02. The van der Waals surface area contributed by atoms with Gasteiger partial charge in [0.1, 0.15) is 16.6 Å². The molecule has 0 atom stereocenters. The van der Waals surface area contributed by atoms with Crippen molar-refractivity contribution in [1.29, 1.82) is 0 Å². The number of aromatic nitrogens is 2. The summed E-state index contributed by atoms with van der Waals surface area (Å²) in [7, 11) is 4.01. The van der Waals surface area contributed by atoms with Crippen LogP contribution in [0.4, 0.5) is 5.69 Å². The van der Waals surface area contributed by atoms with Crippen LogP contribution < -0.4 is 24.2 Å². The molecule has 27 heavy (non-hydrogen) atoms. The minimum atomic E-state index is 0.0368. The maximum atomic E-state index is 13.1. The summed E-state index contributed by atoms with van der Waals surface area (Å²) >= 11 is 3.19. The van der Waals surface area contributed by atoms with Crippen LogP contribution >= 0.6 is 23.1 Å². The third-order valence-corrected chi connectivity index (χ3v) is 6.94. The summed E-state index contributed by atoms with van der Waals surface area (Å²) in [4.78, 5) is 16.4. The molecule has 4 rings (SSSR count). The first kappa shape index (κ1) is 17.8. The molecular formula is C21H20N3OS2+. The molecule has 0 spiro atoms. The Bertz CT molecular complexity index is 1190. The topological polar surface area (TPSA) is 29.1 Å². The third-order valence-electron chi connectivity index (χ3n) is 4.45. The van der Waals surface area contributed by atoms with E-state index in [-0.39, 0.29) is 5.56 Å². The first-order valence-corrected chi connectivity index (χ1v) is 10.2. The Balaban J connectivity index is 1.93. The summed E-state index contributed by atoms with van der Waals surface area (Å²) < 4.78 is 5.49. The lowest BCUT2D eigenvalue weighted by Gasteiger charge is -2.11. The average Bonchev–Trinajstić information content (AvgIpc) is 3.16. The monoisotopic (exact) mass is 394 g/mol. The number of anilines is 1. The molecule has 1 aliphatic heterocycles. The van der Waals surface area contributed by atoms with Crippen molar-refractivity contribution in [1.82, 2.24) is 4.57 Å². The molecule has 0 amide bonds. The number of thioether (sulfide) groups is 1. The van der Waals surface area contributed by atoms with Crippen molar-refractivity contribution in [3.05, 3.63) is 86.6 Å². The molecule has 3 heterocycles. The van der Waals surface area contributed by atoms with Gasteiger partial charge >= 0.3 is 0 Å². The van der Waals surface area contributed by atoms with Gasteiger partial charge < -0.3 is 4.90 Å². The van der Waals surface area contributed by atoms with Crippen molar-refractivity contribution in [3.8, 4) is 0 Å². The minimum Gasteiger partial charge on any atom is -0.337 e. The minimum absolute atomic E-state index is 0.0368. The van der Waals surface area contributed by atoms with E-state index in [0.717, 1.165) is 25.5 Å². The van der Waals surface area contributed by atoms with E-state index in [1.807, 2.05) is 55.3 Å². The smallest absolute Gasteiger partial charge is 0.272 e. The number of thiazole rings is 1. The van der Waals surface area contributed by atoms with Gasteiger partial charge in [0.15, 0.2) is 12.4 Å². The van der Waals surface area contributed by atoms with Crippen molar-refractivity contribution >= 4 is 39.9 Å². The summed E-state index contributed by atoms with van der Waals surface area (Å²) in [6.07, 6.45) is 7.84. The van der Waals surface area contributed by atoms with E-state index >= 15 is 0 Å². The maximum absolute atomic E-state index is 13.1. The van der Waals surface area contributed by atoms with Crippen LogP contribution in [0.15, 0.2) is 71.1 Å². The Hall–Kier alpha value is -2.57. The summed E-state index contributed by atoms with van der Waals surface area (Å²) in [5.74, 6) is 0. The molecule has 6 heteroatoms. The second kappa shape index (κ2) is 7.21. The van der Waals surface area contributed by atoms with Crippen LogP contribution in [-0.2, 0) is 13.6 Å². The van der Waals surface area contributed by atoms with Crippen LogP contribution in [-0.4, -0.2) is 11.6 Å². The third kappa shape index (κ3) is 3.26. The van der Waals surface area contributed by atoms with E-state index in [9.17, 15) is 4.79 Å². The Labute approximate surface area is 166 Å². The Kier molecular flexibility index (Phi) is 4.76. The van der Waals surface area contributed by atoms with Crippen LogP contribution in [0.25, 0.3) is 11.1 Å². The van der Waals surface area contributed by atoms with Crippen molar-refractivity contribution in [3.63, 3.8) is 0 Å². The van der Waals surface area contributed by atoms with Gasteiger partial charge in [-0.05, 0) is 23.8 Å². The lowest BCUT2D eigenvalue weighted by Crippen LogP contribution is -2.33. The van der Waals surface area contributed by atoms with Gasteiger partial charge in [-0.25, -0.2) is 4.57 Å². The predicted octanol–water partition coefficient (Wildman–Crippen LogP) is 2.06. The average molecular weight is 395 g/mol. The molecule has 0 aliphatic carbocycles. The van der Waals surface area contributed by atoms with Crippen LogP contribution in [0.5, 0.6) is 0 Å².